The molecule has 0 bridgehead atoms. The first-order valence-corrected chi connectivity index (χ1v) is 9.72. The number of nitro benzene ring substituents is 1. The first-order chi connectivity index (χ1) is 13.4. The second-order valence-corrected chi connectivity index (χ2v) is 7.84. The number of thioether (sulfide) groups is 1. The second-order valence-electron chi connectivity index (χ2n) is 5.68. The standard InChI is InChI=1S/C17H15BrN6O3S/c1-10(16(25)20-13-8-4-5-9-14(13)24(26)27)28-17-22-21-15(23(17)19)11-6-2-3-7-12(11)18/h2-10H,19H2,1H3,(H,20,25). The first-order valence-electron chi connectivity index (χ1n) is 8.05. The van der Waals surface area contributed by atoms with Crippen molar-refractivity contribution in [3.05, 3.63) is 63.1 Å². The summed E-state index contributed by atoms with van der Waals surface area (Å²) in [7, 11) is 0. The molecule has 3 aromatic rings. The van der Waals surface area contributed by atoms with Crippen molar-refractivity contribution in [3.8, 4) is 11.4 Å². The van der Waals surface area contributed by atoms with Crippen LogP contribution in [-0.4, -0.2) is 31.0 Å². The molecule has 1 atom stereocenters. The van der Waals surface area contributed by atoms with Gasteiger partial charge in [-0.15, -0.1) is 10.2 Å². The van der Waals surface area contributed by atoms with E-state index in [1.807, 2.05) is 24.3 Å². The molecule has 28 heavy (non-hydrogen) atoms. The number of carbonyl (C=O) groups is 1. The minimum atomic E-state index is -0.613. The Morgan fingerprint density at radius 1 is 1.25 bits per heavy atom. The number of carbonyl (C=O) groups excluding carboxylic acids is 1. The summed E-state index contributed by atoms with van der Waals surface area (Å²) < 4.78 is 2.12. The number of hydrogen-bond donors (Lipinski definition) is 2. The van der Waals surface area contributed by atoms with Crippen molar-refractivity contribution in [1.82, 2.24) is 14.9 Å². The minimum absolute atomic E-state index is 0.132. The van der Waals surface area contributed by atoms with Crippen molar-refractivity contribution < 1.29 is 9.72 Å². The van der Waals surface area contributed by atoms with E-state index in [1.54, 1.807) is 13.0 Å². The van der Waals surface area contributed by atoms with Crippen molar-refractivity contribution in [2.75, 3.05) is 11.2 Å². The number of nitro groups is 1. The van der Waals surface area contributed by atoms with Crippen LogP contribution in [0.4, 0.5) is 11.4 Å². The van der Waals surface area contributed by atoms with E-state index >= 15 is 0 Å². The Balaban J connectivity index is 1.75. The predicted molar refractivity (Wildman–Crippen MR) is 110 cm³/mol. The van der Waals surface area contributed by atoms with Gasteiger partial charge in [0.2, 0.25) is 11.1 Å². The maximum Gasteiger partial charge on any atom is 0.292 e. The van der Waals surface area contributed by atoms with Gasteiger partial charge in [-0.05, 0) is 25.1 Å². The molecule has 0 fully saturated rings. The Labute approximate surface area is 172 Å². The Kier molecular flexibility index (Phi) is 5.95. The number of nitrogens with one attached hydrogen (secondary N) is 1. The fourth-order valence-corrected chi connectivity index (χ4v) is 3.60. The van der Waals surface area contributed by atoms with Crippen LogP contribution in [0.3, 0.4) is 0 Å². The lowest BCUT2D eigenvalue weighted by atomic mass is 10.2. The third-order valence-corrected chi connectivity index (χ3v) is 5.54. The van der Waals surface area contributed by atoms with Gasteiger partial charge in [-0.2, -0.15) is 0 Å². The van der Waals surface area contributed by atoms with Crippen molar-refractivity contribution >= 4 is 45.0 Å². The van der Waals surface area contributed by atoms with E-state index in [0.29, 0.717) is 11.0 Å². The third-order valence-electron chi connectivity index (χ3n) is 3.79. The highest BCUT2D eigenvalue weighted by Crippen LogP contribution is 2.30. The van der Waals surface area contributed by atoms with Gasteiger partial charge in [-0.1, -0.05) is 52.0 Å². The summed E-state index contributed by atoms with van der Waals surface area (Å²) in [5.41, 5.74) is 0.723. The van der Waals surface area contributed by atoms with Gasteiger partial charge in [0.15, 0.2) is 5.82 Å². The van der Waals surface area contributed by atoms with E-state index in [4.69, 9.17) is 5.84 Å². The van der Waals surface area contributed by atoms with E-state index in [9.17, 15) is 14.9 Å². The van der Waals surface area contributed by atoms with Gasteiger partial charge < -0.3 is 11.2 Å². The quantitative estimate of drug-likeness (QED) is 0.248. The molecule has 144 valence electrons. The molecule has 3 N–H and O–H groups in total. The number of nitrogen functional groups attached to an aromatic ring is 1. The van der Waals surface area contributed by atoms with E-state index in [1.165, 1.54) is 22.9 Å². The van der Waals surface area contributed by atoms with Crippen LogP contribution in [0.15, 0.2) is 58.2 Å². The Hall–Kier alpha value is -2.92. The highest BCUT2D eigenvalue weighted by atomic mass is 79.9. The summed E-state index contributed by atoms with van der Waals surface area (Å²) in [6.45, 7) is 1.65. The molecule has 3 rings (SSSR count). The topological polar surface area (TPSA) is 129 Å². The molecule has 1 aromatic heterocycles. The molecule has 0 aliphatic carbocycles. The van der Waals surface area contributed by atoms with Crippen LogP contribution in [0.2, 0.25) is 0 Å². The van der Waals surface area contributed by atoms with Gasteiger partial charge in [-0.25, -0.2) is 4.68 Å². The Morgan fingerprint density at radius 2 is 1.93 bits per heavy atom. The van der Waals surface area contributed by atoms with Crippen molar-refractivity contribution in [2.45, 2.75) is 17.3 Å². The van der Waals surface area contributed by atoms with E-state index in [0.717, 1.165) is 21.8 Å². The molecule has 11 heteroatoms. The summed E-state index contributed by atoms with van der Waals surface area (Å²) in [4.78, 5) is 23.0. The predicted octanol–water partition coefficient (Wildman–Crippen LogP) is 3.45. The molecule has 0 saturated heterocycles. The monoisotopic (exact) mass is 462 g/mol. The summed E-state index contributed by atoms with van der Waals surface area (Å²) in [6.07, 6.45) is 0. The smallest absolute Gasteiger partial charge is 0.292 e. The van der Waals surface area contributed by atoms with Crippen LogP contribution in [0.25, 0.3) is 11.4 Å². The van der Waals surface area contributed by atoms with E-state index in [2.05, 4.69) is 31.4 Å². The summed E-state index contributed by atoms with van der Waals surface area (Å²) in [5.74, 6) is 6.13. The zero-order chi connectivity index (χ0) is 20.3. The van der Waals surface area contributed by atoms with Gasteiger partial charge in [0, 0.05) is 16.1 Å². The average molecular weight is 463 g/mol. The zero-order valence-electron chi connectivity index (χ0n) is 14.6. The molecule has 0 aliphatic rings. The Bertz CT molecular complexity index is 1040. The van der Waals surface area contributed by atoms with Crippen LogP contribution in [0, 0.1) is 10.1 Å². The fourth-order valence-electron chi connectivity index (χ4n) is 2.37. The third kappa shape index (κ3) is 4.15. The van der Waals surface area contributed by atoms with Gasteiger partial charge in [-0.3, -0.25) is 14.9 Å². The summed E-state index contributed by atoms with van der Waals surface area (Å²) in [5, 5.41) is 21.5. The van der Waals surface area contributed by atoms with Gasteiger partial charge in [0.05, 0.1) is 10.2 Å². The van der Waals surface area contributed by atoms with Crippen LogP contribution in [0.5, 0.6) is 0 Å². The van der Waals surface area contributed by atoms with Crippen LogP contribution in [-0.2, 0) is 4.79 Å². The molecule has 0 radical (unpaired) electrons. The summed E-state index contributed by atoms with van der Waals surface area (Å²) >= 11 is 4.54. The van der Waals surface area contributed by atoms with E-state index < -0.39 is 16.1 Å². The maximum atomic E-state index is 12.5. The number of anilines is 1. The zero-order valence-corrected chi connectivity index (χ0v) is 17.0. The number of amides is 1. The Morgan fingerprint density at radius 3 is 2.64 bits per heavy atom. The molecule has 0 aliphatic heterocycles. The van der Waals surface area contributed by atoms with Crippen LogP contribution >= 0.6 is 27.7 Å². The highest BCUT2D eigenvalue weighted by Gasteiger charge is 2.23. The second kappa shape index (κ2) is 8.40. The number of aromatic nitrogens is 3. The van der Waals surface area contributed by atoms with Crippen LogP contribution < -0.4 is 11.2 Å². The molecule has 9 nitrogen and oxygen atoms in total. The number of halogens is 1. The molecular weight excluding hydrogens is 448 g/mol. The number of benzene rings is 2. The largest absolute Gasteiger partial charge is 0.335 e. The molecular formula is C17H15BrN6O3S. The van der Waals surface area contributed by atoms with Gasteiger partial charge in [0.1, 0.15) is 5.69 Å². The molecule has 1 heterocycles. The lowest BCUT2D eigenvalue weighted by molar-refractivity contribution is -0.383. The van der Waals surface area contributed by atoms with Crippen LogP contribution in [0.1, 0.15) is 6.92 Å². The minimum Gasteiger partial charge on any atom is -0.335 e. The number of rotatable bonds is 6. The fraction of sp³-hybridized carbons (Fsp3) is 0.118. The number of para-hydroxylation sites is 2. The lowest BCUT2D eigenvalue weighted by Gasteiger charge is -2.12. The lowest BCUT2D eigenvalue weighted by Crippen LogP contribution is -2.24. The normalized spacial score (nSPS) is 11.8. The number of hydrogen-bond acceptors (Lipinski definition) is 7. The molecule has 0 saturated carbocycles. The highest BCUT2D eigenvalue weighted by molar-refractivity contribution is 9.10. The first kappa shape index (κ1) is 19.8. The van der Waals surface area contributed by atoms with Crippen molar-refractivity contribution in [2.24, 2.45) is 0 Å². The molecule has 2 aromatic carbocycles. The van der Waals surface area contributed by atoms with E-state index in [-0.39, 0.29) is 11.4 Å². The SMILES string of the molecule is CC(Sc1nnc(-c2ccccc2Br)n1N)C(=O)Nc1ccccc1[N+](=O)[O-]. The van der Waals surface area contributed by atoms with Gasteiger partial charge >= 0.3 is 0 Å². The average Bonchev–Trinajstić information content (AvgIpc) is 3.02. The van der Waals surface area contributed by atoms with Crippen molar-refractivity contribution in [3.63, 3.8) is 0 Å². The molecule has 0 spiro atoms. The summed E-state index contributed by atoms with van der Waals surface area (Å²) in [6, 6.07) is 13.4. The maximum absolute atomic E-state index is 12.5. The van der Waals surface area contributed by atoms with Crippen molar-refractivity contribution in [1.29, 1.82) is 0 Å². The molecule has 1 amide bonds. The van der Waals surface area contributed by atoms with Gasteiger partial charge in [0.25, 0.3) is 5.69 Å². The number of nitrogens with two attached hydrogens (primary N) is 1. The number of nitrogens with zero attached hydrogens (tertiary/aromatic N) is 4. The molecule has 1 unspecified atom stereocenters.